The van der Waals surface area contributed by atoms with Gasteiger partial charge in [-0.15, -0.1) is 0 Å². The summed E-state index contributed by atoms with van der Waals surface area (Å²) in [4.78, 5) is 0. The van der Waals surface area contributed by atoms with Crippen molar-refractivity contribution in [3.63, 3.8) is 0 Å². The zero-order valence-electron chi connectivity index (χ0n) is 10.7. The first-order chi connectivity index (χ1) is 7.39. The van der Waals surface area contributed by atoms with Crippen molar-refractivity contribution < 1.29 is 4.43 Å². The fourth-order valence-electron chi connectivity index (χ4n) is 1.79. The summed E-state index contributed by atoms with van der Waals surface area (Å²) in [5, 5.41) is 0. The molecule has 0 N–H and O–H groups in total. The average molecular weight is 300 g/mol. The van der Waals surface area contributed by atoms with Crippen LogP contribution in [-0.4, -0.2) is 10.5 Å². The second-order valence-electron chi connectivity index (χ2n) is 5.06. The van der Waals surface area contributed by atoms with Gasteiger partial charge in [-0.25, -0.2) is 0 Å². The molecule has 1 nitrogen and oxygen atoms in total. The molecule has 0 aliphatic heterocycles. The molecule has 0 aromatic heterocycles. The first-order valence-electron chi connectivity index (χ1n) is 5.59. The third-order valence-electron chi connectivity index (χ3n) is 3.49. The Morgan fingerprint density at radius 1 is 1.44 bits per heavy atom. The molecule has 16 heavy (non-hydrogen) atoms. The van der Waals surface area contributed by atoms with Crippen molar-refractivity contribution in [2.24, 2.45) is 11.3 Å². The summed E-state index contributed by atoms with van der Waals surface area (Å²) in [6.45, 7) is 9.03. The highest BCUT2D eigenvalue weighted by atomic mass is 79.9. The second kappa shape index (κ2) is 5.47. The van der Waals surface area contributed by atoms with E-state index in [1.807, 2.05) is 6.07 Å². The van der Waals surface area contributed by atoms with Gasteiger partial charge in [0.05, 0.1) is 6.10 Å². The molecular weight excluding hydrogens is 280 g/mol. The third kappa shape index (κ3) is 2.96. The van der Waals surface area contributed by atoms with Crippen molar-refractivity contribution >= 4 is 26.4 Å². The monoisotopic (exact) mass is 299 g/mol. The zero-order valence-corrected chi connectivity index (χ0v) is 14.3. The van der Waals surface area contributed by atoms with Crippen molar-refractivity contribution in [2.75, 3.05) is 0 Å². The lowest BCUT2D eigenvalue weighted by molar-refractivity contribution is 0.0430. The minimum absolute atomic E-state index is 0.141. The standard InChI is InChI=1S/C13H20BrOSi/c1-9(2)13(3,4)12(15-16)10-6-5-7-11(14)8-10/h5-6,8-9,12H,1-4,16H3. The van der Waals surface area contributed by atoms with Crippen molar-refractivity contribution in [1.82, 2.24) is 0 Å². The highest BCUT2D eigenvalue weighted by Crippen LogP contribution is 2.42. The van der Waals surface area contributed by atoms with Crippen LogP contribution < -0.4 is 0 Å². The third-order valence-corrected chi connectivity index (χ3v) is 4.42. The molecule has 3 heteroatoms. The van der Waals surface area contributed by atoms with Gasteiger partial charge in [0, 0.05) is 4.47 Å². The van der Waals surface area contributed by atoms with Crippen LogP contribution in [0.4, 0.5) is 0 Å². The lowest BCUT2D eigenvalue weighted by Crippen LogP contribution is -2.29. The summed E-state index contributed by atoms with van der Waals surface area (Å²) in [5.74, 6) is 0.578. The quantitative estimate of drug-likeness (QED) is 0.776. The molecule has 1 atom stereocenters. The Morgan fingerprint density at radius 2 is 2.06 bits per heavy atom. The van der Waals surface area contributed by atoms with Gasteiger partial charge in [0.25, 0.3) is 0 Å². The van der Waals surface area contributed by atoms with Crippen molar-refractivity contribution in [1.29, 1.82) is 0 Å². The normalized spacial score (nSPS) is 14.4. The largest absolute Gasteiger partial charge is 0.420 e. The summed E-state index contributed by atoms with van der Waals surface area (Å²) < 4.78 is 6.82. The fourth-order valence-corrected chi connectivity index (χ4v) is 3.06. The molecule has 1 radical (unpaired) electrons. The highest BCUT2D eigenvalue weighted by molar-refractivity contribution is 9.10. The van der Waals surface area contributed by atoms with Crippen molar-refractivity contribution in [3.8, 4) is 0 Å². The van der Waals surface area contributed by atoms with Gasteiger partial charge < -0.3 is 4.43 Å². The Balaban J connectivity index is 3.08. The molecule has 1 aromatic rings. The molecule has 1 unspecified atom stereocenters. The van der Waals surface area contributed by atoms with E-state index in [1.54, 1.807) is 0 Å². The van der Waals surface area contributed by atoms with Crippen molar-refractivity contribution in [3.05, 3.63) is 34.3 Å². The molecular formula is C13H20BrOSi. The molecule has 1 rings (SSSR count). The van der Waals surface area contributed by atoms with Gasteiger partial charge in [-0.3, -0.25) is 0 Å². The van der Waals surface area contributed by atoms with Crippen LogP contribution >= 0.6 is 15.9 Å². The molecule has 0 heterocycles. The van der Waals surface area contributed by atoms with E-state index in [2.05, 4.69) is 61.8 Å². The molecule has 0 amide bonds. The number of benzene rings is 1. The van der Waals surface area contributed by atoms with Crippen LogP contribution in [0.15, 0.2) is 22.7 Å². The number of hydrogen-bond donors (Lipinski definition) is 0. The Morgan fingerprint density at radius 3 is 2.50 bits per heavy atom. The minimum atomic E-state index is 0.141. The minimum Gasteiger partial charge on any atom is -0.420 e. The van der Waals surface area contributed by atoms with Gasteiger partial charge in [-0.1, -0.05) is 55.8 Å². The highest BCUT2D eigenvalue weighted by Gasteiger charge is 2.33. The molecule has 1 aromatic carbocycles. The average Bonchev–Trinajstić information content (AvgIpc) is 2.18. The van der Waals surface area contributed by atoms with Crippen LogP contribution in [0.2, 0.25) is 0 Å². The van der Waals surface area contributed by atoms with Crippen LogP contribution in [0.25, 0.3) is 0 Å². The lowest BCUT2D eigenvalue weighted by Gasteiger charge is -2.37. The maximum absolute atomic E-state index is 5.82. The maximum Gasteiger partial charge on any atom is 0.146 e. The SMILES string of the molecule is CC(C)C(C)(C)C(O[SiH3])c1cc[c]c(Br)c1. The molecule has 0 saturated carbocycles. The van der Waals surface area contributed by atoms with Crippen LogP contribution in [0.3, 0.4) is 0 Å². The summed E-state index contributed by atoms with van der Waals surface area (Å²) >= 11 is 3.46. The molecule has 0 saturated heterocycles. The predicted molar refractivity (Wildman–Crippen MR) is 75.4 cm³/mol. The lowest BCUT2D eigenvalue weighted by atomic mass is 9.74. The summed E-state index contributed by atoms with van der Waals surface area (Å²) in [7, 11) is 0.756. The Labute approximate surface area is 110 Å². The first kappa shape index (κ1) is 13.9. The van der Waals surface area contributed by atoms with E-state index in [0.29, 0.717) is 5.92 Å². The van der Waals surface area contributed by atoms with Crippen LogP contribution in [0, 0.1) is 17.4 Å². The van der Waals surface area contributed by atoms with E-state index in [4.69, 9.17) is 4.43 Å². The molecule has 89 valence electrons. The Bertz CT molecular complexity index is 350. The van der Waals surface area contributed by atoms with Gasteiger partial charge in [0.1, 0.15) is 10.5 Å². The number of hydrogen-bond acceptors (Lipinski definition) is 1. The van der Waals surface area contributed by atoms with Gasteiger partial charge in [0.2, 0.25) is 0 Å². The molecule has 0 spiro atoms. The fraction of sp³-hybridized carbons (Fsp3) is 0.538. The molecule has 0 bridgehead atoms. The summed E-state index contributed by atoms with van der Waals surface area (Å²) in [6.07, 6.45) is 0.171. The summed E-state index contributed by atoms with van der Waals surface area (Å²) in [6, 6.07) is 9.25. The maximum atomic E-state index is 5.82. The van der Waals surface area contributed by atoms with E-state index in [-0.39, 0.29) is 11.5 Å². The predicted octanol–water partition coefficient (Wildman–Crippen LogP) is 3.27. The van der Waals surface area contributed by atoms with Gasteiger partial charge in [0.15, 0.2) is 0 Å². The van der Waals surface area contributed by atoms with Crippen LogP contribution in [0.5, 0.6) is 0 Å². The smallest absolute Gasteiger partial charge is 0.146 e. The van der Waals surface area contributed by atoms with Gasteiger partial charge in [-0.05, 0) is 29.0 Å². The van der Waals surface area contributed by atoms with E-state index >= 15 is 0 Å². The number of halogens is 1. The number of rotatable bonds is 4. The van der Waals surface area contributed by atoms with Crippen LogP contribution in [0.1, 0.15) is 39.4 Å². The molecule has 0 aliphatic rings. The van der Waals surface area contributed by atoms with Crippen LogP contribution in [-0.2, 0) is 4.43 Å². The van der Waals surface area contributed by atoms with Gasteiger partial charge in [-0.2, -0.15) is 0 Å². The zero-order chi connectivity index (χ0) is 12.3. The van der Waals surface area contributed by atoms with E-state index in [9.17, 15) is 0 Å². The first-order valence-corrected chi connectivity index (χ1v) is 7.20. The Hall–Kier alpha value is -0.123. The molecule has 0 aliphatic carbocycles. The summed E-state index contributed by atoms with van der Waals surface area (Å²) in [5.41, 5.74) is 1.38. The van der Waals surface area contributed by atoms with Crippen molar-refractivity contribution in [2.45, 2.75) is 33.8 Å². The van der Waals surface area contributed by atoms with E-state index < -0.39 is 0 Å². The topological polar surface area (TPSA) is 9.23 Å². The van der Waals surface area contributed by atoms with Gasteiger partial charge >= 0.3 is 0 Å². The second-order valence-corrected chi connectivity index (χ2v) is 6.39. The molecule has 0 fully saturated rings. The van der Waals surface area contributed by atoms with E-state index in [0.717, 1.165) is 15.0 Å². The Kier molecular flexibility index (Phi) is 4.77. The van der Waals surface area contributed by atoms with E-state index in [1.165, 1.54) is 5.56 Å².